The zero-order valence-corrected chi connectivity index (χ0v) is 27.6. The molecule has 248 valence electrons. The number of fused-ring (bicyclic) bond motifs is 1. The average Bonchev–Trinajstić information content (AvgIpc) is 3.62. The molecule has 0 aromatic heterocycles. The highest BCUT2D eigenvalue weighted by atomic mass is 19.1. The van der Waals surface area contributed by atoms with E-state index in [1.165, 1.54) is 12.5 Å². The summed E-state index contributed by atoms with van der Waals surface area (Å²) in [4.78, 5) is 30.7. The number of likely N-dealkylation sites (tertiary alicyclic amines) is 1. The Bertz CT molecular complexity index is 1310. The summed E-state index contributed by atoms with van der Waals surface area (Å²) in [7, 11) is 0.303. The molecule has 1 saturated heterocycles. The molecule has 2 heterocycles. The van der Waals surface area contributed by atoms with E-state index in [1.54, 1.807) is 13.2 Å². The van der Waals surface area contributed by atoms with E-state index in [0.717, 1.165) is 58.2 Å². The molecule has 1 aromatic carbocycles. The van der Waals surface area contributed by atoms with Gasteiger partial charge in [-0.1, -0.05) is 40.2 Å². The molecular weight excluding hydrogens is 576 g/mol. The monoisotopic (exact) mass is 627 g/mol. The minimum absolute atomic E-state index is 0.00354. The summed E-state index contributed by atoms with van der Waals surface area (Å²) < 4.78 is 33.5. The normalized spacial score (nSPS) is 39.1. The Morgan fingerprint density at radius 2 is 1.89 bits per heavy atom. The Labute approximate surface area is 267 Å². The maximum absolute atomic E-state index is 15.9. The molecule has 10 heteroatoms. The van der Waals surface area contributed by atoms with Gasteiger partial charge in [0.05, 0.1) is 12.7 Å². The third-order valence-electron chi connectivity index (χ3n) is 13.5. The lowest BCUT2D eigenvalue weighted by atomic mass is 9.41. The molecule has 4 fully saturated rings. The Morgan fingerprint density at radius 3 is 2.58 bits per heavy atom. The number of carbonyl (C=O) groups is 2. The number of Topliss-reactive ketones (excluding diaryl/α,β-unsaturated/α-hetero) is 1. The molecule has 5 aliphatic rings. The van der Waals surface area contributed by atoms with Crippen LogP contribution < -0.4 is 10.2 Å². The third-order valence-corrected chi connectivity index (χ3v) is 13.5. The van der Waals surface area contributed by atoms with Crippen LogP contribution in [0.4, 0.5) is 4.39 Å². The van der Waals surface area contributed by atoms with E-state index in [1.807, 2.05) is 0 Å². The van der Waals surface area contributed by atoms with Crippen molar-refractivity contribution in [3.05, 3.63) is 23.5 Å². The van der Waals surface area contributed by atoms with Crippen molar-refractivity contribution in [1.82, 2.24) is 4.90 Å². The molecule has 3 aliphatic carbocycles. The average molecular weight is 628 g/mol. The zero-order chi connectivity index (χ0) is 32.3. The summed E-state index contributed by atoms with van der Waals surface area (Å²) >= 11 is 0. The number of piperidine rings is 1. The van der Waals surface area contributed by atoms with E-state index in [0.29, 0.717) is 18.4 Å². The number of ketones is 1. The lowest BCUT2D eigenvalue weighted by Crippen LogP contribution is -2.63. The standard InChI is InChI=1S/C35H51BFNO7/c1-21-11-13-35-14-12-26(43-5)30(35)34(21,4)24(19-33(3,31(39)22(35)2)15-18-38-16-7-6-8-17-38)29(32(40)41)45-25-10-9-23-20-44-36(42)27(23)28(25)37/h9-10,21-22,24,26,29-30,42H,6-8,11-20H2,1-5H3,(H,40,41)/t21-,22+,24+,26-,29?,30-,33+,34-,35+/m1/s1. The Kier molecular flexibility index (Phi) is 8.94. The molecule has 1 aromatic rings. The van der Waals surface area contributed by atoms with Crippen molar-refractivity contribution < 1.29 is 38.2 Å². The van der Waals surface area contributed by atoms with Crippen LogP contribution in [-0.2, 0) is 25.6 Å². The first-order valence-electron chi connectivity index (χ1n) is 17.2. The Balaban J connectivity index is 1.46. The molecule has 2 aliphatic heterocycles. The highest BCUT2D eigenvalue weighted by molar-refractivity contribution is 6.61. The number of halogens is 1. The maximum Gasteiger partial charge on any atom is 0.494 e. The zero-order valence-electron chi connectivity index (χ0n) is 27.6. The smallest absolute Gasteiger partial charge is 0.478 e. The molecule has 0 spiro atoms. The van der Waals surface area contributed by atoms with Gasteiger partial charge in [-0.2, -0.15) is 0 Å². The van der Waals surface area contributed by atoms with Crippen molar-refractivity contribution in [3.8, 4) is 5.75 Å². The van der Waals surface area contributed by atoms with Gasteiger partial charge in [-0.25, -0.2) is 9.18 Å². The molecule has 0 radical (unpaired) electrons. The van der Waals surface area contributed by atoms with Crippen molar-refractivity contribution >= 4 is 24.3 Å². The number of carboxylic acids is 1. The van der Waals surface area contributed by atoms with Crippen molar-refractivity contribution in [2.75, 3.05) is 26.7 Å². The van der Waals surface area contributed by atoms with Crippen molar-refractivity contribution in [3.63, 3.8) is 0 Å². The number of benzene rings is 1. The summed E-state index contributed by atoms with van der Waals surface area (Å²) in [6.07, 6.45) is 6.50. The van der Waals surface area contributed by atoms with Gasteiger partial charge in [0.25, 0.3) is 0 Å². The lowest BCUT2D eigenvalue weighted by molar-refractivity contribution is -0.194. The van der Waals surface area contributed by atoms with E-state index in [4.69, 9.17) is 14.1 Å². The molecule has 45 heavy (non-hydrogen) atoms. The van der Waals surface area contributed by atoms with Crippen LogP contribution in [0.25, 0.3) is 0 Å². The second-order valence-corrected chi connectivity index (χ2v) is 15.4. The minimum Gasteiger partial charge on any atom is -0.478 e. The highest BCUT2D eigenvalue weighted by Gasteiger charge is 2.69. The number of methoxy groups -OCH3 is 1. The molecule has 2 N–H and O–H groups in total. The van der Waals surface area contributed by atoms with Gasteiger partial charge in [-0.15, -0.1) is 0 Å². The summed E-state index contributed by atoms with van der Waals surface area (Å²) in [6, 6.07) is 3.07. The van der Waals surface area contributed by atoms with Crippen molar-refractivity contribution in [1.29, 1.82) is 0 Å². The molecule has 2 bridgehead atoms. The highest BCUT2D eigenvalue weighted by Crippen LogP contribution is 2.70. The lowest BCUT2D eigenvalue weighted by Gasteiger charge is -2.63. The fourth-order valence-corrected chi connectivity index (χ4v) is 10.7. The third kappa shape index (κ3) is 5.26. The summed E-state index contributed by atoms with van der Waals surface area (Å²) in [6.45, 7) is 11.5. The van der Waals surface area contributed by atoms with E-state index in [9.17, 15) is 19.7 Å². The predicted octanol–water partition coefficient (Wildman–Crippen LogP) is 4.83. The van der Waals surface area contributed by atoms with Gasteiger partial charge in [0.1, 0.15) is 5.78 Å². The molecule has 6 rings (SSSR count). The first-order valence-corrected chi connectivity index (χ1v) is 17.2. The Hall–Kier alpha value is -2.01. The van der Waals surface area contributed by atoms with Crippen LogP contribution in [0.3, 0.4) is 0 Å². The van der Waals surface area contributed by atoms with Gasteiger partial charge in [0.2, 0.25) is 0 Å². The number of ether oxygens (including phenoxy) is 2. The van der Waals surface area contributed by atoms with Crippen LogP contribution in [0.2, 0.25) is 0 Å². The van der Waals surface area contributed by atoms with E-state index in [2.05, 4.69) is 32.6 Å². The van der Waals surface area contributed by atoms with Crippen molar-refractivity contribution in [2.24, 2.45) is 39.9 Å². The predicted molar refractivity (Wildman–Crippen MR) is 169 cm³/mol. The number of aliphatic carboxylic acids is 1. The van der Waals surface area contributed by atoms with Crippen LogP contribution in [0.1, 0.15) is 91.0 Å². The number of hydrogen-bond donors (Lipinski definition) is 2. The van der Waals surface area contributed by atoms with Crippen LogP contribution in [0.5, 0.6) is 5.75 Å². The van der Waals surface area contributed by atoms with Gasteiger partial charge < -0.3 is 29.2 Å². The fraction of sp³-hybridized carbons (Fsp3) is 0.771. The van der Waals surface area contributed by atoms with Gasteiger partial charge in [-0.05, 0) is 105 Å². The van der Waals surface area contributed by atoms with Crippen LogP contribution in [0.15, 0.2) is 12.1 Å². The van der Waals surface area contributed by atoms with Crippen molar-refractivity contribution in [2.45, 2.75) is 104 Å². The molecule has 9 atom stereocenters. The number of nitrogens with zero attached hydrogens (tertiary/aromatic N) is 1. The largest absolute Gasteiger partial charge is 0.494 e. The van der Waals surface area contributed by atoms with Crippen LogP contribution in [-0.4, -0.2) is 72.9 Å². The topological polar surface area (TPSA) is 106 Å². The van der Waals surface area contributed by atoms with Crippen LogP contribution in [0, 0.1) is 45.7 Å². The second kappa shape index (κ2) is 12.2. The molecule has 1 unspecified atom stereocenters. The second-order valence-electron chi connectivity index (χ2n) is 15.4. The number of carbonyl (C=O) groups excluding carboxylic acids is 1. The van der Waals surface area contributed by atoms with Gasteiger partial charge in [0, 0.05) is 29.8 Å². The Morgan fingerprint density at radius 1 is 1.18 bits per heavy atom. The summed E-state index contributed by atoms with van der Waals surface area (Å²) in [5.74, 6) is -2.64. The van der Waals surface area contributed by atoms with E-state index < -0.39 is 41.8 Å². The van der Waals surface area contributed by atoms with Gasteiger partial charge in [0.15, 0.2) is 17.7 Å². The number of hydrogen-bond acceptors (Lipinski definition) is 7. The number of rotatable bonds is 8. The van der Waals surface area contributed by atoms with Gasteiger partial charge in [-0.3, -0.25) is 4.79 Å². The van der Waals surface area contributed by atoms with Crippen LogP contribution >= 0.6 is 0 Å². The fourth-order valence-electron chi connectivity index (χ4n) is 10.7. The molecule has 0 amide bonds. The molecule has 3 saturated carbocycles. The SMILES string of the molecule is CO[C@@H]1CC[C@@]23CC[C@@H](C)[C@](C)([C@H](C(Oc4ccc5c(c4F)B(O)OC5)C(=O)O)C[C@](C)(CCN4CCCCC4)C(=O)[C@@H]2C)[C@@H]13. The van der Waals surface area contributed by atoms with Gasteiger partial charge >= 0.3 is 13.1 Å². The molecular formula is C35H51BFNO7. The summed E-state index contributed by atoms with van der Waals surface area (Å²) in [5.41, 5.74) is -1.12. The quantitative estimate of drug-likeness (QED) is 0.395. The number of carboxylic acid groups (broad SMARTS) is 1. The summed E-state index contributed by atoms with van der Waals surface area (Å²) in [5, 5.41) is 21.2. The minimum atomic E-state index is -1.43. The first kappa shape index (κ1) is 32.9. The first-order chi connectivity index (χ1) is 21.4. The van der Waals surface area contributed by atoms with E-state index >= 15 is 4.39 Å². The van der Waals surface area contributed by atoms with E-state index in [-0.39, 0.29) is 52.9 Å². The maximum atomic E-state index is 15.9. The molecule has 8 nitrogen and oxygen atoms in total.